The fraction of sp³-hybridized carbons (Fsp3) is 0.500. The van der Waals surface area contributed by atoms with Gasteiger partial charge < -0.3 is 5.11 Å². The van der Waals surface area contributed by atoms with Gasteiger partial charge >= 0.3 is 5.97 Å². The lowest BCUT2D eigenvalue weighted by molar-refractivity contribution is -0.145. The summed E-state index contributed by atoms with van der Waals surface area (Å²) in [5.41, 5.74) is -0.549. The van der Waals surface area contributed by atoms with Crippen molar-refractivity contribution < 1.29 is 18.3 Å². The van der Waals surface area contributed by atoms with Gasteiger partial charge in [-0.2, -0.15) is 4.31 Å². The van der Waals surface area contributed by atoms with Crippen molar-refractivity contribution in [1.82, 2.24) is 4.31 Å². The Bertz CT molecular complexity index is 566. The van der Waals surface area contributed by atoms with Crippen LogP contribution in [0.25, 0.3) is 0 Å². The van der Waals surface area contributed by atoms with Gasteiger partial charge in [-0.05, 0) is 25.3 Å². The molecule has 0 saturated carbocycles. The topological polar surface area (TPSA) is 74.7 Å². The number of sulfonamides is 1. The minimum atomic E-state index is -3.66. The summed E-state index contributed by atoms with van der Waals surface area (Å²) in [5, 5.41) is 9.12. The monoisotopic (exact) mass is 299 g/mol. The quantitative estimate of drug-likeness (QED) is 0.870. The Morgan fingerprint density at radius 3 is 2.25 bits per heavy atom. The van der Waals surface area contributed by atoms with Crippen LogP contribution in [0, 0.1) is 0 Å². The van der Waals surface area contributed by atoms with Crippen LogP contribution in [0.3, 0.4) is 0 Å². The van der Waals surface area contributed by atoms with Gasteiger partial charge in [-0.15, -0.1) is 0 Å². The standard InChI is InChI=1S/C14H21NO4S/c1-11(12-8-6-5-7-9-12)10-20(18,19)15(4)14(2,3)13(16)17/h5-9,11H,10H2,1-4H3,(H,16,17). The Hall–Kier alpha value is -1.40. The molecule has 0 aliphatic rings. The van der Waals surface area contributed by atoms with E-state index in [0.717, 1.165) is 9.87 Å². The largest absolute Gasteiger partial charge is 0.480 e. The molecule has 1 aromatic rings. The van der Waals surface area contributed by atoms with Gasteiger partial charge in [0.2, 0.25) is 10.0 Å². The zero-order valence-corrected chi connectivity index (χ0v) is 13.0. The van der Waals surface area contributed by atoms with Crippen molar-refractivity contribution in [1.29, 1.82) is 0 Å². The van der Waals surface area contributed by atoms with E-state index >= 15 is 0 Å². The molecule has 0 radical (unpaired) electrons. The third-order valence-corrected chi connectivity index (χ3v) is 5.77. The third kappa shape index (κ3) is 3.58. The van der Waals surface area contributed by atoms with E-state index in [1.54, 1.807) is 0 Å². The molecular formula is C14H21NO4S. The highest BCUT2D eigenvalue weighted by Gasteiger charge is 2.39. The molecule has 0 saturated heterocycles. The van der Waals surface area contributed by atoms with Gasteiger partial charge in [0, 0.05) is 7.05 Å². The summed E-state index contributed by atoms with van der Waals surface area (Å²) < 4.78 is 25.6. The average molecular weight is 299 g/mol. The van der Waals surface area contributed by atoms with Gasteiger partial charge in [-0.3, -0.25) is 4.79 Å². The Morgan fingerprint density at radius 1 is 1.30 bits per heavy atom. The molecule has 1 N–H and O–H groups in total. The number of benzene rings is 1. The highest BCUT2D eigenvalue weighted by atomic mass is 32.2. The lowest BCUT2D eigenvalue weighted by atomic mass is 10.0. The van der Waals surface area contributed by atoms with E-state index in [1.165, 1.54) is 20.9 Å². The normalized spacial score (nSPS) is 14.2. The van der Waals surface area contributed by atoms with Crippen LogP contribution < -0.4 is 0 Å². The van der Waals surface area contributed by atoms with Gasteiger partial charge in [0.1, 0.15) is 5.54 Å². The van der Waals surface area contributed by atoms with Crippen LogP contribution in [-0.2, 0) is 14.8 Å². The van der Waals surface area contributed by atoms with Crippen LogP contribution in [0.2, 0.25) is 0 Å². The molecule has 1 unspecified atom stereocenters. The number of nitrogens with zero attached hydrogens (tertiary/aromatic N) is 1. The molecule has 0 spiro atoms. The molecule has 1 rings (SSSR count). The van der Waals surface area contributed by atoms with Crippen LogP contribution in [0.4, 0.5) is 0 Å². The highest BCUT2D eigenvalue weighted by Crippen LogP contribution is 2.23. The fourth-order valence-electron chi connectivity index (χ4n) is 1.79. The molecule has 0 fully saturated rings. The minimum Gasteiger partial charge on any atom is -0.480 e. The number of rotatable bonds is 6. The number of carbonyl (C=O) groups is 1. The first-order valence-corrected chi connectivity index (χ1v) is 7.95. The summed E-state index contributed by atoms with van der Waals surface area (Å²) in [6.45, 7) is 4.56. The molecule has 0 aliphatic carbocycles. The molecule has 0 aliphatic heterocycles. The van der Waals surface area contributed by atoms with Gasteiger partial charge in [0.05, 0.1) is 5.75 Å². The van der Waals surface area contributed by atoms with Gasteiger partial charge in [-0.1, -0.05) is 37.3 Å². The molecule has 6 heteroatoms. The Morgan fingerprint density at radius 2 is 1.80 bits per heavy atom. The number of likely N-dealkylation sites (N-methyl/N-ethyl adjacent to an activating group) is 1. The van der Waals surface area contributed by atoms with Crippen molar-refractivity contribution in [3.63, 3.8) is 0 Å². The van der Waals surface area contributed by atoms with Crippen LogP contribution >= 0.6 is 0 Å². The fourth-order valence-corrected chi connectivity index (χ4v) is 3.61. The maximum Gasteiger partial charge on any atom is 0.324 e. The van der Waals surface area contributed by atoms with E-state index in [1.807, 2.05) is 37.3 Å². The summed E-state index contributed by atoms with van der Waals surface area (Å²) >= 11 is 0. The molecule has 0 aromatic heterocycles. The maximum atomic E-state index is 12.3. The van der Waals surface area contributed by atoms with Crippen LogP contribution in [0.1, 0.15) is 32.3 Å². The molecule has 0 heterocycles. The van der Waals surface area contributed by atoms with Crippen molar-refractivity contribution in [3.05, 3.63) is 35.9 Å². The summed E-state index contributed by atoms with van der Waals surface area (Å²) in [6, 6.07) is 9.29. The average Bonchev–Trinajstić information content (AvgIpc) is 2.38. The highest BCUT2D eigenvalue weighted by molar-refractivity contribution is 7.89. The van der Waals surface area contributed by atoms with Crippen molar-refractivity contribution in [3.8, 4) is 0 Å². The molecule has 0 bridgehead atoms. The summed E-state index contributed by atoms with van der Waals surface area (Å²) in [5.74, 6) is -1.49. The zero-order chi connectivity index (χ0) is 15.6. The molecule has 112 valence electrons. The van der Waals surface area contributed by atoms with E-state index in [2.05, 4.69) is 0 Å². The van der Waals surface area contributed by atoms with E-state index in [-0.39, 0.29) is 11.7 Å². The van der Waals surface area contributed by atoms with Crippen molar-refractivity contribution in [2.75, 3.05) is 12.8 Å². The summed E-state index contributed by atoms with van der Waals surface area (Å²) in [7, 11) is -2.35. The van der Waals surface area contributed by atoms with Crippen molar-refractivity contribution in [2.45, 2.75) is 32.2 Å². The first kappa shape index (κ1) is 16.7. The van der Waals surface area contributed by atoms with Crippen LogP contribution in [0.15, 0.2) is 30.3 Å². The lowest BCUT2D eigenvalue weighted by Crippen LogP contribution is -2.51. The lowest BCUT2D eigenvalue weighted by Gasteiger charge is -2.31. The Labute approximate surface area is 120 Å². The zero-order valence-electron chi connectivity index (χ0n) is 12.2. The molecule has 20 heavy (non-hydrogen) atoms. The molecule has 1 atom stereocenters. The molecule has 1 aromatic carbocycles. The summed E-state index contributed by atoms with van der Waals surface area (Å²) in [4.78, 5) is 11.2. The van der Waals surface area contributed by atoms with Crippen LogP contribution in [-0.4, -0.2) is 42.1 Å². The predicted octanol–water partition coefficient (Wildman–Crippen LogP) is 1.91. The number of hydrogen-bond donors (Lipinski definition) is 1. The van der Waals surface area contributed by atoms with E-state index in [4.69, 9.17) is 5.11 Å². The van der Waals surface area contributed by atoms with E-state index in [9.17, 15) is 13.2 Å². The van der Waals surface area contributed by atoms with E-state index < -0.39 is 21.5 Å². The minimum absolute atomic E-state index is 0.121. The van der Waals surface area contributed by atoms with Crippen molar-refractivity contribution in [2.24, 2.45) is 0 Å². The maximum absolute atomic E-state index is 12.3. The second-order valence-corrected chi connectivity index (χ2v) is 7.47. The third-order valence-electron chi connectivity index (χ3n) is 3.56. The second kappa shape index (κ2) is 5.93. The van der Waals surface area contributed by atoms with Crippen molar-refractivity contribution >= 4 is 16.0 Å². The number of aliphatic carboxylic acids is 1. The number of carboxylic acids is 1. The number of carboxylic acid groups (broad SMARTS) is 1. The smallest absolute Gasteiger partial charge is 0.324 e. The molecule has 0 amide bonds. The summed E-state index contributed by atoms with van der Waals surface area (Å²) in [6.07, 6.45) is 0. The van der Waals surface area contributed by atoms with Gasteiger partial charge in [0.25, 0.3) is 0 Å². The predicted molar refractivity (Wildman–Crippen MR) is 78.1 cm³/mol. The molecular weight excluding hydrogens is 278 g/mol. The first-order valence-electron chi connectivity index (χ1n) is 6.34. The first-order chi connectivity index (χ1) is 9.09. The van der Waals surface area contributed by atoms with Gasteiger partial charge in [0.15, 0.2) is 0 Å². The number of hydrogen-bond acceptors (Lipinski definition) is 3. The Balaban J connectivity index is 2.93. The van der Waals surface area contributed by atoms with Gasteiger partial charge in [-0.25, -0.2) is 8.42 Å². The van der Waals surface area contributed by atoms with Crippen LogP contribution in [0.5, 0.6) is 0 Å². The SMILES string of the molecule is CC(CS(=O)(=O)N(C)C(C)(C)C(=O)O)c1ccccc1. The molecule has 5 nitrogen and oxygen atoms in total. The second-order valence-electron chi connectivity index (χ2n) is 5.42. The van der Waals surface area contributed by atoms with E-state index in [0.29, 0.717) is 0 Å². The Kier molecular flexibility index (Phi) is 4.94.